The van der Waals surface area contributed by atoms with E-state index in [1.165, 1.54) is 18.5 Å². The third kappa shape index (κ3) is 3.78. The molecule has 2 N–H and O–H groups in total. The topological polar surface area (TPSA) is 50.3 Å². The van der Waals surface area contributed by atoms with Gasteiger partial charge < -0.3 is 15.2 Å². The minimum Gasteiger partial charge on any atom is -0.330 e. The van der Waals surface area contributed by atoms with Crippen LogP contribution in [0, 0.1) is 0 Å². The van der Waals surface area contributed by atoms with Crippen LogP contribution < -0.4 is 5.73 Å². The lowest BCUT2D eigenvalue weighted by Gasteiger charge is -2.28. The Kier molecular flexibility index (Phi) is 4.96. The standard InChI is InChI=1S/C14H27N5/c1-17(2)7-4-8-18(3)13(9-15)14-10-16-11-19(14)12-5-6-12/h10-13H,4-9,15H2,1-3H3. The number of nitrogens with two attached hydrogens (primary N) is 1. The van der Waals surface area contributed by atoms with Gasteiger partial charge in [0.25, 0.3) is 0 Å². The molecule has 5 heteroatoms. The molecule has 1 fully saturated rings. The number of nitrogens with zero attached hydrogens (tertiary/aromatic N) is 4. The molecule has 0 saturated heterocycles. The van der Waals surface area contributed by atoms with Crippen molar-refractivity contribution in [1.82, 2.24) is 19.4 Å². The lowest BCUT2D eigenvalue weighted by atomic mass is 10.2. The highest BCUT2D eigenvalue weighted by molar-refractivity contribution is 5.09. The van der Waals surface area contributed by atoms with Gasteiger partial charge in [-0.1, -0.05) is 0 Å². The summed E-state index contributed by atoms with van der Waals surface area (Å²) in [5.74, 6) is 0. The molecule has 0 aliphatic heterocycles. The Morgan fingerprint density at radius 1 is 1.37 bits per heavy atom. The van der Waals surface area contributed by atoms with Gasteiger partial charge in [0.05, 0.1) is 18.1 Å². The second-order valence-corrected chi connectivity index (χ2v) is 5.85. The highest BCUT2D eigenvalue weighted by Crippen LogP contribution is 2.37. The highest BCUT2D eigenvalue weighted by Gasteiger charge is 2.28. The Hall–Kier alpha value is -0.910. The fraction of sp³-hybridized carbons (Fsp3) is 0.786. The molecule has 0 radical (unpaired) electrons. The average molecular weight is 265 g/mol. The lowest BCUT2D eigenvalue weighted by molar-refractivity contribution is 0.227. The molecule has 0 aromatic carbocycles. The van der Waals surface area contributed by atoms with Gasteiger partial charge in [-0.25, -0.2) is 4.98 Å². The summed E-state index contributed by atoms with van der Waals surface area (Å²) in [5, 5.41) is 0. The second kappa shape index (κ2) is 6.50. The largest absolute Gasteiger partial charge is 0.330 e. The Morgan fingerprint density at radius 2 is 2.11 bits per heavy atom. The monoisotopic (exact) mass is 265 g/mol. The number of hydrogen-bond donors (Lipinski definition) is 1. The molecular formula is C14H27N5. The van der Waals surface area contributed by atoms with E-state index in [1.54, 1.807) is 0 Å². The van der Waals surface area contributed by atoms with E-state index in [9.17, 15) is 0 Å². The van der Waals surface area contributed by atoms with Crippen molar-refractivity contribution in [2.24, 2.45) is 5.73 Å². The molecule has 1 aromatic heterocycles. The Morgan fingerprint density at radius 3 is 2.68 bits per heavy atom. The van der Waals surface area contributed by atoms with E-state index in [2.05, 4.69) is 40.5 Å². The first-order chi connectivity index (χ1) is 9.13. The van der Waals surface area contributed by atoms with E-state index in [-0.39, 0.29) is 6.04 Å². The van der Waals surface area contributed by atoms with Crippen LogP contribution in [0.2, 0.25) is 0 Å². The maximum atomic E-state index is 5.99. The zero-order chi connectivity index (χ0) is 13.8. The van der Waals surface area contributed by atoms with Gasteiger partial charge in [-0.05, 0) is 53.5 Å². The van der Waals surface area contributed by atoms with Crippen LogP contribution in [0.15, 0.2) is 12.5 Å². The molecule has 1 unspecified atom stereocenters. The summed E-state index contributed by atoms with van der Waals surface area (Å²) < 4.78 is 2.32. The summed E-state index contributed by atoms with van der Waals surface area (Å²) in [5.41, 5.74) is 7.27. The molecule has 2 rings (SSSR count). The molecule has 5 nitrogen and oxygen atoms in total. The number of likely N-dealkylation sites (N-methyl/N-ethyl adjacent to an activating group) is 1. The minimum absolute atomic E-state index is 0.283. The predicted octanol–water partition coefficient (Wildman–Crippen LogP) is 1.10. The van der Waals surface area contributed by atoms with Gasteiger partial charge in [0.2, 0.25) is 0 Å². The van der Waals surface area contributed by atoms with Gasteiger partial charge in [0.15, 0.2) is 0 Å². The Bertz CT molecular complexity index is 383. The van der Waals surface area contributed by atoms with Crippen LogP contribution in [0.5, 0.6) is 0 Å². The molecule has 0 bridgehead atoms. The first kappa shape index (κ1) is 14.5. The summed E-state index contributed by atoms with van der Waals surface area (Å²) in [4.78, 5) is 8.90. The molecule has 1 saturated carbocycles. The summed E-state index contributed by atoms with van der Waals surface area (Å²) in [7, 11) is 6.39. The van der Waals surface area contributed by atoms with Gasteiger partial charge in [0, 0.05) is 18.8 Å². The zero-order valence-corrected chi connectivity index (χ0v) is 12.4. The maximum Gasteiger partial charge on any atom is 0.0951 e. The molecule has 1 aliphatic rings. The van der Waals surface area contributed by atoms with Gasteiger partial charge >= 0.3 is 0 Å². The van der Waals surface area contributed by atoms with E-state index < -0.39 is 0 Å². The predicted molar refractivity (Wildman–Crippen MR) is 78.1 cm³/mol. The summed E-state index contributed by atoms with van der Waals surface area (Å²) >= 11 is 0. The fourth-order valence-electron chi connectivity index (χ4n) is 2.55. The third-order valence-corrected chi connectivity index (χ3v) is 3.85. The van der Waals surface area contributed by atoms with E-state index in [4.69, 9.17) is 5.73 Å². The third-order valence-electron chi connectivity index (χ3n) is 3.85. The van der Waals surface area contributed by atoms with Crippen LogP contribution >= 0.6 is 0 Å². The van der Waals surface area contributed by atoms with E-state index in [1.807, 2.05) is 12.5 Å². The van der Waals surface area contributed by atoms with E-state index >= 15 is 0 Å². The molecule has 1 atom stereocenters. The van der Waals surface area contributed by atoms with Crippen LogP contribution in [-0.2, 0) is 0 Å². The van der Waals surface area contributed by atoms with Crippen molar-refractivity contribution in [2.45, 2.75) is 31.3 Å². The van der Waals surface area contributed by atoms with Crippen molar-refractivity contribution in [2.75, 3.05) is 40.8 Å². The van der Waals surface area contributed by atoms with Gasteiger partial charge in [0.1, 0.15) is 0 Å². The molecule has 1 aliphatic carbocycles. The van der Waals surface area contributed by atoms with Crippen molar-refractivity contribution in [3.05, 3.63) is 18.2 Å². The first-order valence-corrected chi connectivity index (χ1v) is 7.20. The molecule has 19 heavy (non-hydrogen) atoms. The number of rotatable bonds is 8. The van der Waals surface area contributed by atoms with Gasteiger partial charge in [-0.15, -0.1) is 0 Å². The number of aromatic nitrogens is 2. The number of hydrogen-bond acceptors (Lipinski definition) is 4. The van der Waals surface area contributed by atoms with Crippen LogP contribution in [0.25, 0.3) is 0 Å². The highest BCUT2D eigenvalue weighted by atomic mass is 15.2. The average Bonchev–Trinajstić information content (AvgIpc) is 3.10. The normalized spacial score (nSPS) is 17.4. The summed E-state index contributed by atoms with van der Waals surface area (Å²) in [6.45, 7) is 2.83. The molecule has 0 spiro atoms. The lowest BCUT2D eigenvalue weighted by Crippen LogP contribution is -2.33. The van der Waals surface area contributed by atoms with Crippen LogP contribution in [-0.4, -0.2) is 60.1 Å². The molecular weight excluding hydrogens is 238 g/mol. The first-order valence-electron chi connectivity index (χ1n) is 7.20. The van der Waals surface area contributed by atoms with Crippen molar-refractivity contribution in [3.63, 3.8) is 0 Å². The SMILES string of the molecule is CN(C)CCCN(C)C(CN)c1cncn1C1CC1. The Balaban J connectivity index is 1.96. The zero-order valence-electron chi connectivity index (χ0n) is 12.4. The fourth-order valence-corrected chi connectivity index (χ4v) is 2.55. The van der Waals surface area contributed by atoms with Gasteiger partial charge in [-0.2, -0.15) is 0 Å². The van der Waals surface area contributed by atoms with Crippen molar-refractivity contribution >= 4 is 0 Å². The van der Waals surface area contributed by atoms with Gasteiger partial charge in [-0.3, -0.25) is 4.90 Å². The molecule has 1 heterocycles. The smallest absolute Gasteiger partial charge is 0.0951 e. The molecule has 108 valence electrons. The second-order valence-electron chi connectivity index (χ2n) is 5.85. The van der Waals surface area contributed by atoms with Crippen molar-refractivity contribution in [1.29, 1.82) is 0 Å². The minimum atomic E-state index is 0.283. The quantitative estimate of drug-likeness (QED) is 0.765. The van der Waals surface area contributed by atoms with Crippen LogP contribution in [0.1, 0.15) is 37.0 Å². The number of imidazole rings is 1. The van der Waals surface area contributed by atoms with Crippen LogP contribution in [0.4, 0.5) is 0 Å². The Labute approximate surface area is 116 Å². The van der Waals surface area contributed by atoms with E-state index in [0.717, 1.165) is 19.5 Å². The van der Waals surface area contributed by atoms with E-state index in [0.29, 0.717) is 12.6 Å². The van der Waals surface area contributed by atoms with Crippen molar-refractivity contribution in [3.8, 4) is 0 Å². The summed E-state index contributed by atoms with van der Waals surface area (Å²) in [6, 6.07) is 0.951. The maximum absolute atomic E-state index is 5.99. The molecule has 1 aromatic rings. The van der Waals surface area contributed by atoms with Crippen molar-refractivity contribution < 1.29 is 0 Å². The summed E-state index contributed by atoms with van der Waals surface area (Å²) in [6.07, 6.45) is 7.68. The van der Waals surface area contributed by atoms with Crippen LogP contribution in [0.3, 0.4) is 0 Å². The molecule has 0 amide bonds.